The van der Waals surface area contributed by atoms with Gasteiger partial charge in [0.15, 0.2) is 0 Å². The van der Waals surface area contributed by atoms with E-state index in [0.29, 0.717) is 17.5 Å². The molecule has 1 aliphatic heterocycles. The zero-order chi connectivity index (χ0) is 22.9. The zero-order valence-electron chi connectivity index (χ0n) is 19.4. The number of para-hydroxylation sites is 1. The molecule has 5 heteroatoms. The molecule has 3 aliphatic rings. The lowest BCUT2D eigenvalue weighted by Crippen LogP contribution is -2.40. The van der Waals surface area contributed by atoms with Crippen LogP contribution in [0.5, 0.6) is 5.75 Å². The molecular weight excluding hydrogens is 412 g/mol. The molecule has 1 aromatic heterocycles. The number of ether oxygens (including phenoxy) is 1. The molecule has 2 aliphatic carbocycles. The molecule has 5 atom stereocenters. The van der Waals surface area contributed by atoms with E-state index in [4.69, 9.17) is 4.74 Å². The van der Waals surface area contributed by atoms with Crippen molar-refractivity contribution in [3.05, 3.63) is 59.8 Å². The number of H-pyrrole nitrogens is 1. The monoisotopic (exact) mass is 442 g/mol. The van der Waals surface area contributed by atoms with Crippen molar-refractivity contribution in [2.45, 2.75) is 44.9 Å². The van der Waals surface area contributed by atoms with Crippen molar-refractivity contribution in [3.8, 4) is 5.75 Å². The largest absolute Gasteiger partial charge is 0.497 e. The number of carbonyl (C=O) groups excluding carboxylic acids is 2. The maximum atomic E-state index is 13.9. The van der Waals surface area contributed by atoms with Gasteiger partial charge in [0.25, 0.3) is 0 Å². The van der Waals surface area contributed by atoms with Crippen LogP contribution in [0.25, 0.3) is 10.9 Å². The number of benzene rings is 2. The Morgan fingerprint density at radius 1 is 1.03 bits per heavy atom. The molecule has 5 nitrogen and oxygen atoms in total. The Labute approximate surface area is 194 Å². The number of rotatable bonds is 3. The number of anilines is 1. The first kappa shape index (κ1) is 20.5. The van der Waals surface area contributed by atoms with Gasteiger partial charge >= 0.3 is 0 Å². The molecule has 2 amide bonds. The van der Waals surface area contributed by atoms with E-state index in [0.717, 1.165) is 41.6 Å². The lowest BCUT2D eigenvalue weighted by atomic mass is 9.58. The minimum atomic E-state index is -0.446. The van der Waals surface area contributed by atoms with E-state index in [-0.39, 0.29) is 29.6 Å². The van der Waals surface area contributed by atoms with E-state index in [9.17, 15) is 9.59 Å². The first-order valence-electron chi connectivity index (χ1n) is 12.1. The Bertz CT molecular complexity index is 1240. The number of hydrogen-bond acceptors (Lipinski definition) is 3. The highest BCUT2D eigenvalue weighted by atomic mass is 16.5. The molecule has 33 heavy (non-hydrogen) atoms. The fourth-order valence-corrected chi connectivity index (χ4v) is 6.84. The van der Waals surface area contributed by atoms with Crippen LogP contribution in [0.15, 0.2) is 48.5 Å². The van der Waals surface area contributed by atoms with Gasteiger partial charge in [0.05, 0.1) is 24.6 Å². The third-order valence-electron chi connectivity index (χ3n) is 8.47. The average molecular weight is 443 g/mol. The van der Waals surface area contributed by atoms with Crippen molar-refractivity contribution in [2.75, 3.05) is 12.0 Å². The summed E-state index contributed by atoms with van der Waals surface area (Å²) in [5.41, 5.74) is 3.89. The standard InChI is InChI=1S/C28H30N2O3/c1-15(2)16-9-11-19-20(13-16)24-25(28(32)30(27(24)31)17-7-5-4-6-8-17)26-23(19)21-14-18(33-3)10-12-22(21)29-26/h4-8,10,12,14-16,19-20,24-25,29H,9,11,13H2,1-3H3. The van der Waals surface area contributed by atoms with E-state index in [1.165, 1.54) is 10.5 Å². The van der Waals surface area contributed by atoms with Crippen LogP contribution in [0.3, 0.4) is 0 Å². The Morgan fingerprint density at radius 3 is 2.55 bits per heavy atom. The molecule has 5 unspecified atom stereocenters. The highest BCUT2D eigenvalue weighted by Gasteiger charge is 2.59. The van der Waals surface area contributed by atoms with Crippen LogP contribution >= 0.6 is 0 Å². The maximum Gasteiger partial charge on any atom is 0.243 e. The summed E-state index contributed by atoms with van der Waals surface area (Å²) in [6.07, 6.45) is 3.22. The molecule has 3 aromatic rings. The summed E-state index contributed by atoms with van der Waals surface area (Å²) >= 11 is 0. The number of imide groups is 1. The van der Waals surface area contributed by atoms with Gasteiger partial charge in [0.1, 0.15) is 5.75 Å². The zero-order valence-corrected chi connectivity index (χ0v) is 19.4. The van der Waals surface area contributed by atoms with Crippen molar-refractivity contribution >= 4 is 28.4 Å². The number of nitrogens with one attached hydrogen (secondary N) is 1. The maximum absolute atomic E-state index is 13.9. The summed E-state index contributed by atoms with van der Waals surface area (Å²) in [5, 5.41) is 1.14. The molecule has 2 heterocycles. The number of hydrogen-bond donors (Lipinski definition) is 1. The molecular formula is C28H30N2O3. The predicted octanol–water partition coefficient (Wildman–Crippen LogP) is 5.62. The second-order valence-corrected chi connectivity index (χ2v) is 10.3. The first-order valence-corrected chi connectivity index (χ1v) is 12.1. The van der Waals surface area contributed by atoms with E-state index in [2.05, 4.69) is 24.9 Å². The van der Waals surface area contributed by atoms with Crippen molar-refractivity contribution in [1.82, 2.24) is 4.98 Å². The van der Waals surface area contributed by atoms with Gasteiger partial charge < -0.3 is 9.72 Å². The number of aromatic nitrogens is 1. The van der Waals surface area contributed by atoms with E-state index < -0.39 is 5.92 Å². The molecule has 0 spiro atoms. The number of aromatic amines is 1. The molecule has 2 fully saturated rings. The molecule has 1 saturated heterocycles. The van der Waals surface area contributed by atoms with Crippen molar-refractivity contribution < 1.29 is 14.3 Å². The second-order valence-electron chi connectivity index (χ2n) is 10.3. The molecule has 0 bridgehead atoms. The van der Waals surface area contributed by atoms with Gasteiger partial charge in [-0.3, -0.25) is 9.59 Å². The van der Waals surface area contributed by atoms with Gasteiger partial charge in [-0.15, -0.1) is 0 Å². The summed E-state index contributed by atoms with van der Waals surface area (Å²) in [6.45, 7) is 4.57. The minimum absolute atomic E-state index is 0.0301. The van der Waals surface area contributed by atoms with Crippen molar-refractivity contribution in [3.63, 3.8) is 0 Å². The first-order chi connectivity index (χ1) is 16.0. The highest BCUT2D eigenvalue weighted by molar-refractivity contribution is 6.24. The van der Waals surface area contributed by atoms with Crippen LogP contribution < -0.4 is 9.64 Å². The average Bonchev–Trinajstić information content (AvgIpc) is 3.33. The van der Waals surface area contributed by atoms with Crippen LogP contribution in [0.1, 0.15) is 56.2 Å². The van der Waals surface area contributed by atoms with Crippen LogP contribution in [-0.4, -0.2) is 23.9 Å². The number of amides is 2. The smallest absolute Gasteiger partial charge is 0.243 e. The predicted molar refractivity (Wildman–Crippen MR) is 128 cm³/mol. The van der Waals surface area contributed by atoms with Crippen molar-refractivity contribution in [1.29, 1.82) is 0 Å². The van der Waals surface area contributed by atoms with Gasteiger partial charge in [-0.05, 0) is 78.8 Å². The van der Waals surface area contributed by atoms with Crippen LogP contribution in [0.2, 0.25) is 0 Å². The summed E-state index contributed by atoms with van der Waals surface area (Å²) in [7, 11) is 1.68. The number of fused-ring (bicyclic) bond motifs is 8. The number of methoxy groups -OCH3 is 1. The van der Waals surface area contributed by atoms with E-state index >= 15 is 0 Å². The van der Waals surface area contributed by atoms with Gasteiger partial charge in [0, 0.05) is 16.6 Å². The van der Waals surface area contributed by atoms with Gasteiger partial charge in [-0.2, -0.15) is 0 Å². The minimum Gasteiger partial charge on any atom is -0.497 e. The molecule has 6 rings (SSSR count). The van der Waals surface area contributed by atoms with Crippen molar-refractivity contribution in [2.24, 2.45) is 23.7 Å². The fourth-order valence-electron chi connectivity index (χ4n) is 6.84. The summed E-state index contributed by atoms with van der Waals surface area (Å²) in [5.74, 6) is 1.57. The normalized spacial score (nSPS) is 28.7. The molecule has 1 N–H and O–H groups in total. The lowest BCUT2D eigenvalue weighted by molar-refractivity contribution is -0.123. The third-order valence-corrected chi connectivity index (χ3v) is 8.47. The summed E-state index contributed by atoms with van der Waals surface area (Å²) in [4.78, 5) is 32.8. The topological polar surface area (TPSA) is 62.4 Å². The Kier molecular flexibility index (Phi) is 4.65. The Balaban J connectivity index is 1.55. The molecule has 170 valence electrons. The molecule has 0 radical (unpaired) electrons. The highest BCUT2D eigenvalue weighted by Crippen LogP contribution is 2.59. The van der Waals surface area contributed by atoms with Gasteiger partial charge in [-0.25, -0.2) is 4.90 Å². The SMILES string of the molecule is COc1ccc2[nH]c3c(c2c1)C1CCC(C(C)C)CC1C1C(=O)N(c2ccccc2)C(=O)C31. The second kappa shape index (κ2) is 7.47. The summed E-state index contributed by atoms with van der Waals surface area (Å²) in [6, 6.07) is 15.5. The number of nitrogens with zero attached hydrogens (tertiary/aromatic N) is 1. The van der Waals surface area contributed by atoms with Crippen LogP contribution in [0, 0.1) is 23.7 Å². The fraction of sp³-hybridized carbons (Fsp3) is 0.429. The van der Waals surface area contributed by atoms with Gasteiger partial charge in [0.2, 0.25) is 11.8 Å². The lowest BCUT2D eigenvalue weighted by Gasteiger charge is -2.44. The molecule has 2 aromatic carbocycles. The number of carbonyl (C=O) groups is 2. The Morgan fingerprint density at radius 2 is 1.82 bits per heavy atom. The Hall–Kier alpha value is -3.08. The quantitative estimate of drug-likeness (QED) is 0.536. The molecule has 1 saturated carbocycles. The van der Waals surface area contributed by atoms with Gasteiger partial charge in [-0.1, -0.05) is 32.0 Å². The van der Waals surface area contributed by atoms with Crippen LogP contribution in [-0.2, 0) is 9.59 Å². The third kappa shape index (κ3) is 2.91. The van der Waals surface area contributed by atoms with E-state index in [1.807, 2.05) is 42.5 Å². The van der Waals surface area contributed by atoms with Crippen LogP contribution in [0.4, 0.5) is 5.69 Å². The summed E-state index contributed by atoms with van der Waals surface area (Å²) < 4.78 is 5.52. The van der Waals surface area contributed by atoms with E-state index in [1.54, 1.807) is 7.11 Å².